The summed E-state index contributed by atoms with van der Waals surface area (Å²) in [5, 5.41) is 15.3. The van der Waals surface area contributed by atoms with Crippen LogP contribution in [0.25, 0.3) is 0 Å². The lowest BCUT2D eigenvalue weighted by atomic mass is 10.1. The van der Waals surface area contributed by atoms with E-state index in [9.17, 15) is 14.9 Å². The molecule has 0 spiro atoms. The van der Waals surface area contributed by atoms with Gasteiger partial charge >= 0.3 is 0 Å². The van der Waals surface area contributed by atoms with Crippen molar-refractivity contribution in [3.05, 3.63) is 55.8 Å². The van der Waals surface area contributed by atoms with E-state index in [1.807, 2.05) is 18.4 Å². The van der Waals surface area contributed by atoms with E-state index in [2.05, 4.69) is 5.32 Å². The first kappa shape index (κ1) is 13.2. The van der Waals surface area contributed by atoms with Crippen molar-refractivity contribution in [1.82, 2.24) is 0 Å². The van der Waals surface area contributed by atoms with E-state index in [4.69, 9.17) is 0 Å². The van der Waals surface area contributed by atoms with E-state index < -0.39 is 4.92 Å². The Kier molecular flexibility index (Phi) is 3.62. The maximum atomic E-state index is 12.1. The molecule has 2 rings (SSSR count). The third-order valence-corrected chi connectivity index (χ3v) is 3.76. The number of nitrogens with zero attached hydrogens (tertiary/aromatic N) is 1. The highest BCUT2D eigenvalue weighted by Gasteiger charge is 2.14. The number of rotatable bonds is 3. The summed E-state index contributed by atoms with van der Waals surface area (Å²) < 4.78 is 0. The lowest BCUT2D eigenvalue weighted by Crippen LogP contribution is -2.12. The highest BCUT2D eigenvalue weighted by atomic mass is 32.1. The lowest BCUT2D eigenvalue weighted by Gasteiger charge is -2.07. The van der Waals surface area contributed by atoms with Crippen LogP contribution in [0.5, 0.6) is 0 Å². The molecule has 0 radical (unpaired) electrons. The Balaban J connectivity index is 2.28. The number of nitro benzene ring substituents is 1. The van der Waals surface area contributed by atoms with E-state index in [0.29, 0.717) is 10.6 Å². The average molecular weight is 276 g/mol. The second-order valence-corrected chi connectivity index (χ2v) is 5.06. The predicted octanol–water partition coefficient (Wildman–Crippen LogP) is 3.53. The zero-order chi connectivity index (χ0) is 14.0. The van der Waals surface area contributed by atoms with Crippen LogP contribution in [0, 0.1) is 24.0 Å². The second kappa shape index (κ2) is 5.19. The number of thiophene rings is 1. The number of nitro groups is 1. The number of hydrogen-bond donors (Lipinski definition) is 1. The van der Waals surface area contributed by atoms with Crippen LogP contribution in [0.4, 0.5) is 11.4 Å². The summed E-state index contributed by atoms with van der Waals surface area (Å²) in [6, 6.07) is 6.27. The molecule has 1 N–H and O–H groups in total. The lowest BCUT2D eigenvalue weighted by molar-refractivity contribution is -0.384. The molecule has 1 aromatic carbocycles. The topological polar surface area (TPSA) is 72.2 Å². The highest BCUT2D eigenvalue weighted by Crippen LogP contribution is 2.24. The molecule has 0 aliphatic heterocycles. The third kappa shape index (κ3) is 2.79. The molecule has 0 aliphatic rings. The highest BCUT2D eigenvalue weighted by molar-refractivity contribution is 7.12. The summed E-state index contributed by atoms with van der Waals surface area (Å²) in [7, 11) is 0. The van der Waals surface area contributed by atoms with Crippen molar-refractivity contribution in [3.63, 3.8) is 0 Å². The molecule has 2 aromatic rings. The molecule has 1 amide bonds. The SMILES string of the molecule is Cc1ccc([N+](=O)[O-])cc1NC(=O)c1sccc1C. The van der Waals surface area contributed by atoms with Crippen LogP contribution < -0.4 is 5.32 Å². The molecule has 1 heterocycles. The molecule has 0 saturated carbocycles. The van der Waals surface area contributed by atoms with Gasteiger partial charge in [-0.2, -0.15) is 0 Å². The van der Waals surface area contributed by atoms with E-state index >= 15 is 0 Å². The van der Waals surface area contributed by atoms with E-state index in [1.54, 1.807) is 13.0 Å². The van der Waals surface area contributed by atoms with Gasteiger partial charge in [-0.1, -0.05) is 6.07 Å². The smallest absolute Gasteiger partial charge is 0.271 e. The number of carbonyl (C=O) groups excluding carboxylic acids is 1. The Morgan fingerprint density at radius 3 is 2.58 bits per heavy atom. The van der Waals surface area contributed by atoms with Gasteiger partial charge in [0.2, 0.25) is 0 Å². The largest absolute Gasteiger partial charge is 0.321 e. The van der Waals surface area contributed by atoms with Crippen molar-refractivity contribution in [3.8, 4) is 0 Å². The Morgan fingerprint density at radius 1 is 1.26 bits per heavy atom. The number of amides is 1. The summed E-state index contributed by atoms with van der Waals surface area (Å²) in [6.45, 7) is 3.65. The number of benzene rings is 1. The monoisotopic (exact) mass is 276 g/mol. The minimum absolute atomic E-state index is 0.0381. The number of anilines is 1. The van der Waals surface area contributed by atoms with E-state index in [1.165, 1.54) is 23.5 Å². The number of carbonyl (C=O) groups is 1. The molecule has 0 aliphatic carbocycles. The van der Waals surface area contributed by atoms with Gasteiger partial charge in [0, 0.05) is 12.1 Å². The van der Waals surface area contributed by atoms with Gasteiger partial charge in [-0.05, 0) is 36.4 Å². The zero-order valence-corrected chi connectivity index (χ0v) is 11.3. The summed E-state index contributed by atoms with van der Waals surface area (Å²) in [4.78, 5) is 22.9. The average Bonchev–Trinajstić information content (AvgIpc) is 2.78. The van der Waals surface area contributed by atoms with Crippen molar-refractivity contribution < 1.29 is 9.72 Å². The fourth-order valence-corrected chi connectivity index (χ4v) is 2.46. The van der Waals surface area contributed by atoms with Crippen molar-refractivity contribution in [2.45, 2.75) is 13.8 Å². The maximum absolute atomic E-state index is 12.1. The molecule has 5 nitrogen and oxygen atoms in total. The van der Waals surface area contributed by atoms with Gasteiger partial charge in [0.1, 0.15) is 0 Å². The molecule has 0 saturated heterocycles. The number of nitrogens with one attached hydrogen (secondary N) is 1. The second-order valence-electron chi connectivity index (χ2n) is 4.14. The van der Waals surface area contributed by atoms with Gasteiger partial charge in [0.25, 0.3) is 11.6 Å². The van der Waals surface area contributed by atoms with Crippen LogP contribution in [-0.2, 0) is 0 Å². The van der Waals surface area contributed by atoms with E-state index in [0.717, 1.165) is 11.1 Å². The van der Waals surface area contributed by atoms with E-state index in [-0.39, 0.29) is 11.6 Å². The first-order chi connectivity index (χ1) is 8.99. The zero-order valence-electron chi connectivity index (χ0n) is 10.5. The van der Waals surface area contributed by atoms with Crippen LogP contribution >= 0.6 is 11.3 Å². The molecule has 0 atom stereocenters. The minimum atomic E-state index is -0.481. The van der Waals surface area contributed by atoms with Crippen LogP contribution in [0.15, 0.2) is 29.6 Å². The number of hydrogen-bond acceptors (Lipinski definition) is 4. The van der Waals surface area contributed by atoms with Crippen molar-refractivity contribution in [2.75, 3.05) is 5.32 Å². The van der Waals surface area contributed by atoms with Crippen LogP contribution in [0.3, 0.4) is 0 Å². The molecule has 1 aromatic heterocycles. The third-order valence-electron chi connectivity index (χ3n) is 2.75. The first-order valence-corrected chi connectivity index (χ1v) is 6.47. The van der Waals surface area contributed by atoms with Gasteiger partial charge in [0.15, 0.2) is 0 Å². The summed E-state index contributed by atoms with van der Waals surface area (Å²) in [5.41, 5.74) is 2.11. The van der Waals surface area contributed by atoms with Crippen LogP contribution in [0.1, 0.15) is 20.8 Å². The Morgan fingerprint density at radius 2 is 2.00 bits per heavy atom. The first-order valence-electron chi connectivity index (χ1n) is 5.59. The Hall–Kier alpha value is -2.21. The molecule has 0 unspecified atom stereocenters. The van der Waals surface area contributed by atoms with Gasteiger partial charge in [-0.3, -0.25) is 14.9 Å². The van der Waals surface area contributed by atoms with Crippen LogP contribution in [0.2, 0.25) is 0 Å². The molecule has 0 fully saturated rings. The van der Waals surface area contributed by atoms with Gasteiger partial charge in [-0.15, -0.1) is 11.3 Å². The molecule has 19 heavy (non-hydrogen) atoms. The van der Waals surface area contributed by atoms with Crippen molar-refractivity contribution in [2.24, 2.45) is 0 Å². The predicted molar refractivity (Wildman–Crippen MR) is 74.8 cm³/mol. The molecule has 98 valence electrons. The van der Waals surface area contributed by atoms with Gasteiger partial charge in [0.05, 0.1) is 15.5 Å². The van der Waals surface area contributed by atoms with Crippen molar-refractivity contribution >= 4 is 28.6 Å². The number of non-ortho nitro benzene ring substituents is 1. The summed E-state index contributed by atoms with van der Waals surface area (Å²) in [5.74, 6) is -0.240. The van der Waals surface area contributed by atoms with Gasteiger partial charge < -0.3 is 5.32 Å². The normalized spacial score (nSPS) is 10.2. The van der Waals surface area contributed by atoms with Crippen molar-refractivity contribution in [1.29, 1.82) is 0 Å². The minimum Gasteiger partial charge on any atom is -0.321 e. The quantitative estimate of drug-likeness (QED) is 0.688. The molecular formula is C13H12N2O3S. The standard InChI is InChI=1S/C13H12N2O3S/c1-8-3-4-10(15(17)18)7-11(8)14-13(16)12-9(2)5-6-19-12/h3-7H,1-2H3,(H,14,16). The molecule has 0 bridgehead atoms. The summed E-state index contributed by atoms with van der Waals surface area (Å²) >= 11 is 1.35. The Bertz CT molecular complexity index is 649. The molecule has 6 heteroatoms. The fourth-order valence-electron chi connectivity index (χ4n) is 1.64. The fraction of sp³-hybridized carbons (Fsp3) is 0.154. The van der Waals surface area contributed by atoms with Crippen LogP contribution in [-0.4, -0.2) is 10.8 Å². The number of aryl methyl sites for hydroxylation is 2. The Labute approximate surface area is 114 Å². The molecular weight excluding hydrogens is 264 g/mol. The maximum Gasteiger partial charge on any atom is 0.271 e. The summed E-state index contributed by atoms with van der Waals surface area (Å²) in [6.07, 6.45) is 0. The van der Waals surface area contributed by atoms with Gasteiger partial charge in [-0.25, -0.2) is 0 Å².